The molecular formula is C19H26N2. The van der Waals surface area contributed by atoms with Gasteiger partial charge in [0.1, 0.15) is 0 Å². The minimum Gasteiger partial charge on any atom is -0.313 e. The summed E-state index contributed by atoms with van der Waals surface area (Å²) in [4.78, 5) is 4.52. The molecule has 1 fully saturated rings. The summed E-state index contributed by atoms with van der Waals surface area (Å²) < 4.78 is 0. The van der Waals surface area contributed by atoms with Crippen molar-refractivity contribution < 1.29 is 0 Å². The van der Waals surface area contributed by atoms with E-state index in [2.05, 4.69) is 41.5 Å². The van der Waals surface area contributed by atoms with Crippen LogP contribution in [-0.2, 0) is 6.54 Å². The van der Waals surface area contributed by atoms with E-state index in [9.17, 15) is 0 Å². The molecule has 1 aromatic heterocycles. The van der Waals surface area contributed by atoms with E-state index in [1.807, 2.05) is 12.3 Å². The van der Waals surface area contributed by atoms with Gasteiger partial charge in [-0.2, -0.15) is 0 Å². The predicted octanol–water partition coefficient (Wildman–Crippen LogP) is 4.54. The Morgan fingerprint density at radius 2 is 1.90 bits per heavy atom. The van der Waals surface area contributed by atoms with Crippen LogP contribution in [0.15, 0.2) is 36.5 Å². The minimum atomic E-state index is 0.928. The van der Waals surface area contributed by atoms with Crippen molar-refractivity contribution in [2.75, 3.05) is 6.54 Å². The maximum atomic E-state index is 4.52. The summed E-state index contributed by atoms with van der Waals surface area (Å²) >= 11 is 0. The summed E-state index contributed by atoms with van der Waals surface area (Å²) in [5.74, 6) is 1.90. The van der Waals surface area contributed by atoms with Gasteiger partial charge in [-0.3, -0.25) is 4.98 Å². The van der Waals surface area contributed by atoms with Gasteiger partial charge in [0, 0.05) is 18.1 Å². The first kappa shape index (κ1) is 14.5. The zero-order valence-electron chi connectivity index (χ0n) is 13.0. The standard InChI is InChI=1S/C19H26N2/c1-15-7-9-16(10-8-15)11-13-20-14-18-5-2-4-17-6-3-12-21-19(17)18/h2-6,12,15-16,20H,7-11,13-14H2,1H3. The van der Waals surface area contributed by atoms with E-state index in [1.54, 1.807) is 0 Å². The number of rotatable bonds is 5. The van der Waals surface area contributed by atoms with E-state index in [1.165, 1.54) is 43.1 Å². The number of hydrogen-bond acceptors (Lipinski definition) is 2. The Morgan fingerprint density at radius 3 is 2.76 bits per heavy atom. The Balaban J connectivity index is 1.48. The van der Waals surface area contributed by atoms with Crippen molar-refractivity contribution in [3.8, 4) is 0 Å². The molecule has 1 aliphatic carbocycles. The van der Waals surface area contributed by atoms with Crippen LogP contribution in [0.4, 0.5) is 0 Å². The van der Waals surface area contributed by atoms with Crippen molar-refractivity contribution >= 4 is 10.9 Å². The lowest BCUT2D eigenvalue weighted by Crippen LogP contribution is -2.20. The van der Waals surface area contributed by atoms with Crippen LogP contribution in [0.2, 0.25) is 0 Å². The van der Waals surface area contributed by atoms with E-state index in [0.717, 1.165) is 30.4 Å². The Labute approximate surface area is 128 Å². The largest absolute Gasteiger partial charge is 0.313 e. The lowest BCUT2D eigenvalue weighted by atomic mass is 9.81. The molecule has 2 heteroatoms. The van der Waals surface area contributed by atoms with Crippen LogP contribution in [0.3, 0.4) is 0 Å². The fourth-order valence-corrected chi connectivity index (χ4v) is 3.46. The molecule has 1 aromatic carbocycles. The highest BCUT2D eigenvalue weighted by Crippen LogP contribution is 2.29. The quantitative estimate of drug-likeness (QED) is 0.814. The molecular weight excluding hydrogens is 256 g/mol. The molecule has 112 valence electrons. The van der Waals surface area contributed by atoms with Crippen molar-refractivity contribution in [1.29, 1.82) is 0 Å². The van der Waals surface area contributed by atoms with Gasteiger partial charge in [0.25, 0.3) is 0 Å². The Bertz CT molecular complexity index is 565. The Hall–Kier alpha value is -1.41. The van der Waals surface area contributed by atoms with Gasteiger partial charge in [-0.05, 0) is 36.4 Å². The molecule has 0 spiro atoms. The first-order valence-corrected chi connectivity index (χ1v) is 8.36. The third kappa shape index (κ3) is 3.82. The topological polar surface area (TPSA) is 24.9 Å². The lowest BCUT2D eigenvalue weighted by Gasteiger charge is -2.26. The van der Waals surface area contributed by atoms with Crippen LogP contribution >= 0.6 is 0 Å². The van der Waals surface area contributed by atoms with Crippen molar-refractivity contribution in [2.45, 2.75) is 45.6 Å². The zero-order chi connectivity index (χ0) is 14.5. The van der Waals surface area contributed by atoms with Crippen LogP contribution < -0.4 is 5.32 Å². The van der Waals surface area contributed by atoms with Crippen LogP contribution in [0.25, 0.3) is 10.9 Å². The average molecular weight is 282 g/mol. The van der Waals surface area contributed by atoms with Gasteiger partial charge >= 0.3 is 0 Å². The maximum absolute atomic E-state index is 4.52. The number of hydrogen-bond donors (Lipinski definition) is 1. The molecule has 1 heterocycles. The van der Waals surface area contributed by atoms with Crippen molar-refractivity contribution in [1.82, 2.24) is 10.3 Å². The van der Waals surface area contributed by atoms with Gasteiger partial charge in [-0.1, -0.05) is 56.9 Å². The van der Waals surface area contributed by atoms with Gasteiger partial charge in [0.2, 0.25) is 0 Å². The Morgan fingerprint density at radius 1 is 1.10 bits per heavy atom. The maximum Gasteiger partial charge on any atom is 0.0746 e. The van der Waals surface area contributed by atoms with Gasteiger partial charge in [0.15, 0.2) is 0 Å². The van der Waals surface area contributed by atoms with Gasteiger partial charge in [0.05, 0.1) is 5.52 Å². The number of nitrogens with one attached hydrogen (secondary N) is 1. The molecule has 0 saturated heterocycles. The van der Waals surface area contributed by atoms with Gasteiger partial charge < -0.3 is 5.32 Å². The number of nitrogens with zero attached hydrogens (tertiary/aromatic N) is 1. The second-order valence-electron chi connectivity index (χ2n) is 6.58. The number of fused-ring (bicyclic) bond motifs is 1. The molecule has 0 amide bonds. The average Bonchev–Trinajstić information content (AvgIpc) is 2.53. The number of para-hydroxylation sites is 1. The molecule has 0 radical (unpaired) electrons. The smallest absolute Gasteiger partial charge is 0.0746 e. The summed E-state index contributed by atoms with van der Waals surface area (Å²) in [5, 5.41) is 4.85. The molecule has 0 unspecified atom stereocenters. The van der Waals surface area contributed by atoms with E-state index >= 15 is 0 Å². The van der Waals surface area contributed by atoms with E-state index < -0.39 is 0 Å². The normalized spacial score (nSPS) is 22.5. The highest BCUT2D eigenvalue weighted by molar-refractivity contribution is 5.81. The van der Waals surface area contributed by atoms with Crippen molar-refractivity contribution in [3.05, 3.63) is 42.1 Å². The third-order valence-electron chi connectivity index (χ3n) is 4.90. The van der Waals surface area contributed by atoms with E-state index in [0.29, 0.717) is 0 Å². The molecule has 21 heavy (non-hydrogen) atoms. The summed E-state index contributed by atoms with van der Waals surface area (Å²) in [5.41, 5.74) is 2.45. The number of benzene rings is 1. The monoisotopic (exact) mass is 282 g/mol. The second-order valence-corrected chi connectivity index (χ2v) is 6.58. The van der Waals surface area contributed by atoms with Crippen LogP contribution in [0.5, 0.6) is 0 Å². The van der Waals surface area contributed by atoms with E-state index in [4.69, 9.17) is 0 Å². The predicted molar refractivity (Wildman–Crippen MR) is 89.2 cm³/mol. The van der Waals surface area contributed by atoms with Crippen molar-refractivity contribution in [3.63, 3.8) is 0 Å². The van der Waals surface area contributed by atoms with Crippen LogP contribution in [0, 0.1) is 11.8 Å². The summed E-state index contributed by atoms with van der Waals surface area (Å²) in [7, 11) is 0. The molecule has 1 saturated carbocycles. The fourth-order valence-electron chi connectivity index (χ4n) is 3.46. The molecule has 0 bridgehead atoms. The summed E-state index contributed by atoms with van der Waals surface area (Å²) in [6, 6.07) is 10.6. The highest BCUT2D eigenvalue weighted by atomic mass is 14.9. The first-order chi connectivity index (χ1) is 10.3. The molecule has 1 N–H and O–H groups in total. The molecule has 0 atom stereocenters. The molecule has 2 nitrogen and oxygen atoms in total. The molecule has 3 rings (SSSR count). The molecule has 0 aliphatic heterocycles. The SMILES string of the molecule is CC1CCC(CCNCc2cccc3cccnc23)CC1. The summed E-state index contributed by atoms with van der Waals surface area (Å²) in [6.45, 7) is 4.45. The first-order valence-electron chi connectivity index (χ1n) is 8.36. The molecule has 1 aliphatic rings. The second kappa shape index (κ2) is 7.04. The summed E-state index contributed by atoms with van der Waals surface area (Å²) in [6.07, 6.45) is 8.92. The van der Waals surface area contributed by atoms with E-state index in [-0.39, 0.29) is 0 Å². The van der Waals surface area contributed by atoms with Gasteiger partial charge in [-0.25, -0.2) is 0 Å². The number of pyridine rings is 1. The lowest BCUT2D eigenvalue weighted by molar-refractivity contribution is 0.275. The minimum absolute atomic E-state index is 0.928. The zero-order valence-corrected chi connectivity index (χ0v) is 13.0. The fraction of sp³-hybridized carbons (Fsp3) is 0.526. The van der Waals surface area contributed by atoms with Crippen LogP contribution in [0.1, 0.15) is 44.6 Å². The van der Waals surface area contributed by atoms with Gasteiger partial charge in [-0.15, -0.1) is 0 Å². The molecule has 2 aromatic rings. The Kier molecular flexibility index (Phi) is 4.87. The third-order valence-corrected chi connectivity index (χ3v) is 4.90. The highest BCUT2D eigenvalue weighted by Gasteiger charge is 2.17. The van der Waals surface area contributed by atoms with Crippen molar-refractivity contribution in [2.24, 2.45) is 11.8 Å². The number of aromatic nitrogens is 1. The van der Waals surface area contributed by atoms with Crippen LogP contribution in [-0.4, -0.2) is 11.5 Å².